The number of thiazole rings is 1. The first-order valence-corrected chi connectivity index (χ1v) is 8.80. The molecule has 1 atom stereocenters. The van der Waals surface area contributed by atoms with Crippen molar-refractivity contribution in [1.82, 2.24) is 9.88 Å². The molecular weight excluding hydrogens is 308 g/mol. The number of aryl methyl sites for hydroxylation is 2. The Kier molecular flexibility index (Phi) is 4.78. The summed E-state index contributed by atoms with van der Waals surface area (Å²) in [6, 6.07) is 8.09. The summed E-state index contributed by atoms with van der Waals surface area (Å²) in [5.41, 5.74) is 3.06. The quantitative estimate of drug-likeness (QED) is 0.938. The lowest BCUT2D eigenvalue weighted by molar-refractivity contribution is 0.0791. The maximum atomic E-state index is 12.6. The molecule has 5 heteroatoms. The maximum Gasteiger partial charge on any atom is 0.265 e. The van der Waals surface area contributed by atoms with Crippen LogP contribution in [0.4, 0.5) is 0 Å². The minimum absolute atomic E-state index is 0.0829. The van der Waals surface area contributed by atoms with Crippen LogP contribution in [0, 0.1) is 19.8 Å². The summed E-state index contributed by atoms with van der Waals surface area (Å²) < 4.78 is 0. The molecule has 1 aromatic carbocycles. The van der Waals surface area contributed by atoms with Gasteiger partial charge in [-0.25, -0.2) is 4.98 Å². The fraction of sp³-hybridized carbons (Fsp3) is 0.444. The highest BCUT2D eigenvalue weighted by molar-refractivity contribution is 7.13. The van der Waals surface area contributed by atoms with Crippen molar-refractivity contribution in [3.05, 3.63) is 51.0 Å². The summed E-state index contributed by atoms with van der Waals surface area (Å²) in [5.74, 6) is 0.638. The molecule has 1 amide bonds. The van der Waals surface area contributed by atoms with E-state index >= 15 is 0 Å². The van der Waals surface area contributed by atoms with Gasteiger partial charge in [0.05, 0.1) is 17.3 Å². The van der Waals surface area contributed by atoms with Crippen molar-refractivity contribution in [2.24, 2.45) is 5.92 Å². The molecule has 0 saturated carbocycles. The molecule has 0 bridgehead atoms. The van der Waals surface area contributed by atoms with Crippen LogP contribution in [0.25, 0.3) is 0 Å². The zero-order valence-electron chi connectivity index (χ0n) is 13.6. The van der Waals surface area contributed by atoms with Crippen LogP contribution >= 0.6 is 11.3 Å². The average Bonchev–Trinajstić information content (AvgIpc) is 3.14. The van der Waals surface area contributed by atoms with E-state index in [0.717, 1.165) is 47.1 Å². The fourth-order valence-corrected chi connectivity index (χ4v) is 4.06. The van der Waals surface area contributed by atoms with Gasteiger partial charge in [-0.1, -0.05) is 24.3 Å². The molecule has 2 heterocycles. The van der Waals surface area contributed by atoms with Crippen molar-refractivity contribution in [1.29, 1.82) is 0 Å². The molecule has 122 valence electrons. The number of aliphatic hydroxyl groups is 1. The van der Waals surface area contributed by atoms with E-state index in [2.05, 4.69) is 17.1 Å². The number of aromatic nitrogens is 1. The van der Waals surface area contributed by atoms with Gasteiger partial charge in [0.15, 0.2) is 0 Å². The number of amides is 1. The molecule has 0 aliphatic carbocycles. The van der Waals surface area contributed by atoms with Crippen LogP contribution < -0.4 is 0 Å². The highest BCUT2D eigenvalue weighted by Crippen LogP contribution is 2.25. The Morgan fingerprint density at radius 2 is 2.00 bits per heavy atom. The Labute approximate surface area is 140 Å². The predicted molar refractivity (Wildman–Crippen MR) is 91.7 cm³/mol. The normalized spacial score (nSPS) is 17.7. The molecule has 1 aliphatic rings. The summed E-state index contributed by atoms with van der Waals surface area (Å²) in [4.78, 5) is 19.7. The third kappa shape index (κ3) is 3.62. The second-order valence-electron chi connectivity index (χ2n) is 6.23. The van der Waals surface area contributed by atoms with Gasteiger partial charge in [0.1, 0.15) is 4.88 Å². The van der Waals surface area contributed by atoms with Crippen molar-refractivity contribution < 1.29 is 9.90 Å². The van der Waals surface area contributed by atoms with Crippen LogP contribution in [0.5, 0.6) is 0 Å². The summed E-state index contributed by atoms with van der Waals surface area (Å²) in [5, 5.41) is 10.0. The Morgan fingerprint density at radius 3 is 2.61 bits per heavy atom. The lowest BCUT2D eigenvalue weighted by Crippen LogP contribution is -2.28. The average molecular weight is 330 g/mol. The minimum atomic E-state index is 0.0829. The Hall–Kier alpha value is -1.72. The highest BCUT2D eigenvalue weighted by atomic mass is 32.1. The molecule has 3 rings (SSSR count). The molecule has 1 aliphatic heterocycles. The number of carbonyl (C=O) groups excluding carboxylic acids is 1. The van der Waals surface area contributed by atoms with Crippen LogP contribution in [-0.2, 0) is 13.0 Å². The minimum Gasteiger partial charge on any atom is -0.392 e. The predicted octanol–water partition coefficient (Wildman–Crippen LogP) is 2.96. The van der Waals surface area contributed by atoms with Crippen LogP contribution in [0.1, 0.15) is 37.9 Å². The third-order valence-electron chi connectivity index (χ3n) is 4.40. The SMILES string of the molecule is Cc1nc(C)c(C(=O)N2CCC(Cc3ccc(CO)cc3)C2)s1. The first-order valence-electron chi connectivity index (χ1n) is 7.99. The number of rotatable bonds is 4. The van der Waals surface area contributed by atoms with Crippen LogP contribution in [0.3, 0.4) is 0 Å². The van der Waals surface area contributed by atoms with E-state index in [-0.39, 0.29) is 12.5 Å². The van der Waals surface area contributed by atoms with Gasteiger partial charge in [-0.2, -0.15) is 0 Å². The molecule has 0 radical (unpaired) electrons. The smallest absolute Gasteiger partial charge is 0.265 e. The highest BCUT2D eigenvalue weighted by Gasteiger charge is 2.29. The number of aliphatic hydroxyl groups excluding tert-OH is 1. The summed E-state index contributed by atoms with van der Waals surface area (Å²) in [6.07, 6.45) is 2.03. The lowest BCUT2D eigenvalue weighted by Gasteiger charge is -2.16. The molecule has 1 fully saturated rings. The van der Waals surface area contributed by atoms with Crippen LogP contribution in [-0.4, -0.2) is 34.0 Å². The zero-order valence-corrected chi connectivity index (χ0v) is 14.4. The van der Waals surface area contributed by atoms with E-state index < -0.39 is 0 Å². The number of benzene rings is 1. The zero-order chi connectivity index (χ0) is 16.4. The van der Waals surface area contributed by atoms with Crippen LogP contribution in [0.2, 0.25) is 0 Å². The molecule has 4 nitrogen and oxygen atoms in total. The molecule has 1 unspecified atom stereocenters. The topological polar surface area (TPSA) is 53.4 Å². The van der Waals surface area contributed by atoms with Gasteiger partial charge in [-0.15, -0.1) is 11.3 Å². The fourth-order valence-electron chi connectivity index (χ4n) is 3.17. The number of likely N-dealkylation sites (tertiary alicyclic amines) is 1. The van der Waals surface area contributed by atoms with E-state index in [1.165, 1.54) is 16.9 Å². The van der Waals surface area contributed by atoms with Crippen molar-refractivity contribution in [3.8, 4) is 0 Å². The third-order valence-corrected chi connectivity index (χ3v) is 5.46. The molecular formula is C18H22N2O2S. The largest absolute Gasteiger partial charge is 0.392 e. The summed E-state index contributed by atoms with van der Waals surface area (Å²) in [7, 11) is 0. The maximum absolute atomic E-state index is 12.6. The number of hydrogen-bond donors (Lipinski definition) is 1. The first-order chi connectivity index (χ1) is 11.1. The molecule has 23 heavy (non-hydrogen) atoms. The van der Waals surface area contributed by atoms with E-state index in [9.17, 15) is 4.79 Å². The van der Waals surface area contributed by atoms with Gasteiger partial charge >= 0.3 is 0 Å². The Balaban J connectivity index is 1.61. The van der Waals surface area contributed by atoms with E-state index in [0.29, 0.717) is 5.92 Å². The molecule has 2 aromatic rings. The van der Waals surface area contributed by atoms with Gasteiger partial charge in [-0.05, 0) is 43.7 Å². The van der Waals surface area contributed by atoms with Crippen molar-refractivity contribution in [2.45, 2.75) is 33.3 Å². The van der Waals surface area contributed by atoms with Crippen molar-refractivity contribution >= 4 is 17.2 Å². The number of nitrogens with zero attached hydrogens (tertiary/aromatic N) is 2. The standard InChI is InChI=1S/C18H22N2O2S/c1-12-17(23-13(2)19-12)18(22)20-8-7-16(10-20)9-14-3-5-15(11-21)6-4-14/h3-6,16,21H,7-11H2,1-2H3. The Bertz CT molecular complexity index is 694. The van der Waals surface area contributed by atoms with Gasteiger partial charge in [0.2, 0.25) is 0 Å². The molecule has 1 N–H and O–H groups in total. The number of hydrogen-bond acceptors (Lipinski definition) is 4. The first kappa shape index (κ1) is 16.1. The van der Waals surface area contributed by atoms with Crippen molar-refractivity contribution in [3.63, 3.8) is 0 Å². The Morgan fingerprint density at radius 1 is 1.30 bits per heavy atom. The van der Waals surface area contributed by atoms with E-state index in [1.54, 1.807) is 0 Å². The van der Waals surface area contributed by atoms with Crippen LogP contribution in [0.15, 0.2) is 24.3 Å². The molecule has 1 aromatic heterocycles. The van der Waals surface area contributed by atoms with Gasteiger partial charge in [-0.3, -0.25) is 4.79 Å². The second-order valence-corrected chi connectivity index (χ2v) is 7.44. The van der Waals surface area contributed by atoms with E-state index in [1.807, 2.05) is 30.9 Å². The lowest BCUT2D eigenvalue weighted by atomic mass is 9.98. The van der Waals surface area contributed by atoms with Crippen molar-refractivity contribution in [2.75, 3.05) is 13.1 Å². The molecule has 0 spiro atoms. The monoisotopic (exact) mass is 330 g/mol. The van der Waals surface area contributed by atoms with Gasteiger partial charge in [0, 0.05) is 13.1 Å². The molecule has 1 saturated heterocycles. The van der Waals surface area contributed by atoms with Gasteiger partial charge < -0.3 is 10.0 Å². The number of carbonyl (C=O) groups is 1. The summed E-state index contributed by atoms with van der Waals surface area (Å²) in [6.45, 7) is 5.58. The van der Waals surface area contributed by atoms with Gasteiger partial charge in [0.25, 0.3) is 5.91 Å². The van der Waals surface area contributed by atoms with E-state index in [4.69, 9.17) is 5.11 Å². The second kappa shape index (κ2) is 6.81. The summed E-state index contributed by atoms with van der Waals surface area (Å²) >= 11 is 1.49.